The third kappa shape index (κ3) is 1.88. The Morgan fingerprint density at radius 1 is 1.44 bits per heavy atom. The van der Waals surface area contributed by atoms with Crippen molar-refractivity contribution in [2.24, 2.45) is 7.05 Å². The Bertz CT molecular complexity index is 686. The third-order valence-electron chi connectivity index (χ3n) is 2.64. The van der Waals surface area contributed by atoms with Crippen molar-refractivity contribution < 1.29 is 0 Å². The highest BCUT2D eigenvalue weighted by Crippen LogP contribution is 2.20. The van der Waals surface area contributed by atoms with Crippen LogP contribution in [0.4, 0.5) is 5.82 Å². The number of hydrogen-bond donors (Lipinski definition) is 2. The van der Waals surface area contributed by atoms with Crippen LogP contribution in [0, 0.1) is 0 Å². The predicted octanol–water partition coefficient (Wildman–Crippen LogP) is 1.35. The molecule has 0 fully saturated rings. The Morgan fingerprint density at radius 3 is 3.11 bits per heavy atom. The van der Waals surface area contributed by atoms with E-state index < -0.39 is 0 Å². The molecular weight excluding hydrogens is 254 g/mol. The van der Waals surface area contributed by atoms with Gasteiger partial charge in [0.15, 0.2) is 5.65 Å². The smallest absolute Gasteiger partial charge is 0.226 e. The van der Waals surface area contributed by atoms with Crippen LogP contribution >= 0.6 is 11.6 Å². The number of nitrogens with zero attached hydrogens (tertiary/aromatic N) is 5. The van der Waals surface area contributed by atoms with Crippen LogP contribution in [0.1, 0.15) is 5.69 Å². The molecule has 3 aromatic heterocycles. The molecule has 0 radical (unpaired) electrons. The average molecular weight is 264 g/mol. The van der Waals surface area contributed by atoms with Crippen molar-refractivity contribution in [3.05, 3.63) is 29.4 Å². The topological polar surface area (TPSA) is 84.3 Å². The first-order valence-corrected chi connectivity index (χ1v) is 5.69. The summed E-state index contributed by atoms with van der Waals surface area (Å²) < 4.78 is 1.79. The molecule has 0 aromatic carbocycles. The number of H-pyrrole nitrogens is 1. The van der Waals surface area contributed by atoms with Crippen LogP contribution in [0.15, 0.2) is 18.5 Å². The van der Waals surface area contributed by atoms with Gasteiger partial charge < -0.3 is 5.32 Å². The molecule has 0 unspecified atom stereocenters. The summed E-state index contributed by atoms with van der Waals surface area (Å²) in [6.45, 7) is 0.601. The lowest BCUT2D eigenvalue weighted by atomic mass is 10.3. The number of hydrogen-bond acceptors (Lipinski definition) is 5. The number of aromatic amines is 1. The van der Waals surface area contributed by atoms with Gasteiger partial charge in [-0.15, -0.1) is 0 Å². The molecule has 0 spiro atoms. The molecule has 0 atom stereocenters. The summed E-state index contributed by atoms with van der Waals surface area (Å²) in [6, 6.07) is 1.93. The lowest BCUT2D eigenvalue weighted by molar-refractivity contribution is 0.720. The first kappa shape index (κ1) is 11.0. The third-order valence-corrected chi connectivity index (χ3v) is 2.81. The predicted molar refractivity (Wildman–Crippen MR) is 67.2 cm³/mol. The van der Waals surface area contributed by atoms with E-state index in [-0.39, 0.29) is 5.28 Å². The first-order valence-electron chi connectivity index (χ1n) is 5.31. The summed E-state index contributed by atoms with van der Waals surface area (Å²) in [5.74, 6) is 0.653. The number of anilines is 1. The second-order valence-electron chi connectivity index (χ2n) is 3.77. The first-order chi connectivity index (χ1) is 8.74. The van der Waals surface area contributed by atoms with E-state index in [0.717, 1.165) is 11.1 Å². The molecule has 0 aliphatic rings. The van der Waals surface area contributed by atoms with Gasteiger partial charge in [0.2, 0.25) is 5.28 Å². The number of fused-ring (bicyclic) bond motifs is 1. The Labute approximate surface area is 107 Å². The maximum atomic E-state index is 5.85. The van der Waals surface area contributed by atoms with E-state index in [1.807, 2.05) is 13.1 Å². The number of aryl methyl sites for hydroxylation is 1. The van der Waals surface area contributed by atoms with Gasteiger partial charge in [0.25, 0.3) is 0 Å². The van der Waals surface area contributed by atoms with Gasteiger partial charge in [-0.05, 0) is 17.7 Å². The van der Waals surface area contributed by atoms with E-state index in [1.165, 1.54) is 0 Å². The second kappa shape index (κ2) is 4.26. The zero-order valence-corrected chi connectivity index (χ0v) is 10.3. The minimum Gasteiger partial charge on any atom is -0.364 e. The van der Waals surface area contributed by atoms with E-state index in [4.69, 9.17) is 11.6 Å². The highest BCUT2D eigenvalue weighted by molar-refractivity contribution is 6.28. The normalized spacial score (nSPS) is 11.0. The lowest BCUT2D eigenvalue weighted by Gasteiger charge is -2.06. The van der Waals surface area contributed by atoms with Gasteiger partial charge in [-0.3, -0.25) is 9.78 Å². The Kier molecular flexibility index (Phi) is 2.60. The van der Waals surface area contributed by atoms with E-state index in [1.54, 1.807) is 17.1 Å². The van der Waals surface area contributed by atoms with Crippen LogP contribution in [-0.2, 0) is 13.6 Å². The molecule has 2 N–H and O–H groups in total. The van der Waals surface area contributed by atoms with Crippen LogP contribution in [-0.4, -0.2) is 29.9 Å². The molecule has 92 valence electrons. The summed E-state index contributed by atoms with van der Waals surface area (Å²) in [5, 5.41) is 15.0. The molecule has 7 nitrogen and oxygen atoms in total. The second-order valence-corrected chi connectivity index (χ2v) is 4.11. The summed E-state index contributed by atoms with van der Waals surface area (Å²) in [6.07, 6.45) is 3.41. The molecule has 3 rings (SSSR count). The van der Waals surface area contributed by atoms with Gasteiger partial charge in [0, 0.05) is 13.2 Å². The molecule has 0 aliphatic heterocycles. The number of nitrogens with one attached hydrogen (secondary N) is 2. The highest BCUT2D eigenvalue weighted by atomic mass is 35.5. The maximum absolute atomic E-state index is 5.85. The van der Waals surface area contributed by atoms with Crippen LogP contribution in [0.25, 0.3) is 11.0 Å². The highest BCUT2D eigenvalue weighted by Gasteiger charge is 2.08. The molecule has 0 saturated heterocycles. The summed E-state index contributed by atoms with van der Waals surface area (Å²) in [5.41, 5.74) is 1.66. The van der Waals surface area contributed by atoms with Gasteiger partial charge in [0.1, 0.15) is 5.82 Å². The maximum Gasteiger partial charge on any atom is 0.226 e. The van der Waals surface area contributed by atoms with Crippen molar-refractivity contribution >= 4 is 28.5 Å². The van der Waals surface area contributed by atoms with Crippen molar-refractivity contribution in [1.82, 2.24) is 29.9 Å². The zero-order chi connectivity index (χ0) is 12.5. The van der Waals surface area contributed by atoms with E-state index in [9.17, 15) is 0 Å². The molecule has 3 heterocycles. The van der Waals surface area contributed by atoms with Gasteiger partial charge in [0.05, 0.1) is 23.8 Å². The number of rotatable bonds is 3. The van der Waals surface area contributed by atoms with Gasteiger partial charge >= 0.3 is 0 Å². The zero-order valence-electron chi connectivity index (χ0n) is 9.55. The van der Waals surface area contributed by atoms with Gasteiger partial charge in [-0.2, -0.15) is 20.2 Å². The molecule has 0 amide bonds. The minimum absolute atomic E-state index is 0.180. The van der Waals surface area contributed by atoms with Crippen LogP contribution in [0.5, 0.6) is 0 Å². The molecule has 8 heteroatoms. The average Bonchev–Trinajstić information content (AvgIpc) is 2.94. The fraction of sp³-hybridized carbons (Fsp3) is 0.200. The van der Waals surface area contributed by atoms with Crippen LogP contribution in [0.3, 0.4) is 0 Å². The van der Waals surface area contributed by atoms with Crippen LogP contribution < -0.4 is 5.32 Å². The van der Waals surface area contributed by atoms with Crippen molar-refractivity contribution in [3.63, 3.8) is 0 Å². The van der Waals surface area contributed by atoms with Crippen molar-refractivity contribution in [3.8, 4) is 0 Å². The van der Waals surface area contributed by atoms with E-state index in [0.29, 0.717) is 18.0 Å². The Hall–Kier alpha value is -2.15. The molecule has 18 heavy (non-hydrogen) atoms. The van der Waals surface area contributed by atoms with E-state index >= 15 is 0 Å². The largest absolute Gasteiger partial charge is 0.364 e. The molecule has 3 aromatic rings. The van der Waals surface area contributed by atoms with Crippen molar-refractivity contribution in [1.29, 1.82) is 0 Å². The molecule has 0 saturated carbocycles. The van der Waals surface area contributed by atoms with Gasteiger partial charge in [-0.1, -0.05) is 0 Å². The summed E-state index contributed by atoms with van der Waals surface area (Å²) in [4.78, 5) is 8.19. The SMILES string of the molecule is Cn1nccc1CNc1nc(Cl)nc2[nH]ncc12. The monoisotopic (exact) mass is 263 g/mol. The molecular formula is C10H10ClN7. The van der Waals surface area contributed by atoms with E-state index in [2.05, 4.69) is 30.6 Å². The van der Waals surface area contributed by atoms with Crippen molar-refractivity contribution in [2.45, 2.75) is 6.54 Å². The number of aromatic nitrogens is 6. The van der Waals surface area contributed by atoms with Crippen LogP contribution in [0.2, 0.25) is 5.28 Å². The number of halogens is 1. The fourth-order valence-electron chi connectivity index (χ4n) is 1.69. The minimum atomic E-state index is 0.180. The summed E-state index contributed by atoms with van der Waals surface area (Å²) in [7, 11) is 1.89. The Balaban J connectivity index is 1.90. The van der Waals surface area contributed by atoms with Gasteiger partial charge in [-0.25, -0.2) is 0 Å². The molecule has 0 aliphatic carbocycles. The summed E-state index contributed by atoms with van der Waals surface area (Å²) >= 11 is 5.85. The molecule has 0 bridgehead atoms. The quantitative estimate of drug-likeness (QED) is 0.697. The lowest BCUT2D eigenvalue weighted by Crippen LogP contribution is -2.07. The Morgan fingerprint density at radius 2 is 2.33 bits per heavy atom. The van der Waals surface area contributed by atoms with Crippen molar-refractivity contribution in [2.75, 3.05) is 5.32 Å². The standard InChI is InChI=1S/C10H10ClN7/c1-18-6(2-3-14-18)4-12-8-7-5-13-17-9(7)16-10(11)15-8/h2-3,5H,4H2,1H3,(H2,12,13,15,16,17). The fourth-order valence-corrected chi connectivity index (χ4v) is 1.86.